The first kappa shape index (κ1) is 43.0. The van der Waals surface area contributed by atoms with Gasteiger partial charge in [0, 0.05) is 29.5 Å². The molecule has 0 radical (unpaired) electrons. The van der Waals surface area contributed by atoms with Gasteiger partial charge in [-0.2, -0.15) is 0 Å². The lowest BCUT2D eigenvalue weighted by Gasteiger charge is -2.19. The van der Waals surface area contributed by atoms with E-state index < -0.39 is 0 Å². The summed E-state index contributed by atoms with van der Waals surface area (Å²) in [6.07, 6.45) is 1.72. The lowest BCUT2D eigenvalue weighted by atomic mass is 10.0. The number of hydrogen-bond acceptors (Lipinski definition) is 2. The van der Waals surface area contributed by atoms with Crippen LogP contribution in [0.2, 0.25) is 0 Å². The van der Waals surface area contributed by atoms with Crippen molar-refractivity contribution >= 4 is 23.2 Å². The highest BCUT2D eigenvalue weighted by atomic mass is 16.2. The molecule has 4 aromatic rings. The fourth-order valence-corrected chi connectivity index (χ4v) is 4.14. The lowest BCUT2D eigenvalue weighted by Crippen LogP contribution is -2.27. The van der Waals surface area contributed by atoms with E-state index in [0.29, 0.717) is 0 Å². The molecule has 0 heterocycles. The molecule has 2 amide bonds. The zero-order valence-electron chi connectivity index (χ0n) is 30.4. The van der Waals surface area contributed by atoms with Gasteiger partial charge in [-0.25, -0.2) is 0 Å². The molecule has 4 aromatic carbocycles. The van der Waals surface area contributed by atoms with Gasteiger partial charge in [0.25, 0.3) is 11.8 Å². The van der Waals surface area contributed by atoms with Gasteiger partial charge in [-0.05, 0) is 85.3 Å². The van der Waals surface area contributed by atoms with E-state index in [1.165, 1.54) is 0 Å². The SMILES string of the molecule is CC.CC.CC.CC.CCc1ccccc1C(=O)N(C)c1cccc(C)c1.CCc1ccccc1C(=O)Nc1cccc(C)c1. The summed E-state index contributed by atoms with van der Waals surface area (Å²) < 4.78 is 0. The maximum atomic E-state index is 12.6. The second kappa shape index (κ2) is 26.2. The van der Waals surface area contributed by atoms with Gasteiger partial charge in [-0.1, -0.05) is 130 Å². The topological polar surface area (TPSA) is 49.4 Å². The van der Waals surface area contributed by atoms with Crippen molar-refractivity contribution in [3.63, 3.8) is 0 Å². The molecule has 45 heavy (non-hydrogen) atoms. The largest absolute Gasteiger partial charge is 0.322 e. The van der Waals surface area contributed by atoms with Crippen LogP contribution in [0.15, 0.2) is 97.1 Å². The predicted molar refractivity (Wildman–Crippen MR) is 200 cm³/mol. The van der Waals surface area contributed by atoms with Crippen molar-refractivity contribution in [2.75, 3.05) is 17.3 Å². The molecule has 4 heteroatoms. The van der Waals surface area contributed by atoms with Crippen LogP contribution < -0.4 is 10.2 Å². The van der Waals surface area contributed by atoms with Gasteiger partial charge in [0.15, 0.2) is 0 Å². The van der Waals surface area contributed by atoms with Gasteiger partial charge in [0.1, 0.15) is 0 Å². The van der Waals surface area contributed by atoms with Crippen molar-refractivity contribution < 1.29 is 9.59 Å². The zero-order chi connectivity index (χ0) is 34.8. The number of anilines is 2. The summed E-state index contributed by atoms with van der Waals surface area (Å²) in [4.78, 5) is 26.5. The number of nitrogens with zero attached hydrogens (tertiary/aromatic N) is 1. The number of benzene rings is 4. The molecule has 1 N–H and O–H groups in total. The van der Waals surface area contributed by atoms with Gasteiger partial charge >= 0.3 is 0 Å². The van der Waals surface area contributed by atoms with Crippen molar-refractivity contribution in [3.05, 3.63) is 130 Å². The quantitative estimate of drug-likeness (QED) is 0.235. The Morgan fingerprint density at radius 1 is 0.578 bits per heavy atom. The Hall–Kier alpha value is -4.18. The van der Waals surface area contributed by atoms with Gasteiger partial charge in [0.2, 0.25) is 0 Å². The van der Waals surface area contributed by atoms with E-state index in [2.05, 4.69) is 19.2 Å². The van der Waals surface area contributed by atoms with E-state index in [-0.39, 0.29) is 11.8 Å². The number of carbonyl (C=O) groups is 2. The van der Waals surface area contributed by atoms with E-state index >= 15 is 0 Å². The van der Waals surface area contributed by atoms with Crippen molar-refractivity contribution in [3.8, 4) is 0 Å². The maximum absolute atomic E-state index is 12.6. The molecule has 4 rings (SSSR count). The average Bonchev–Trinajstić information content (AvgIpc) is 3.11. The molecule has 4 nitrogen and oxygen atoms in total. The van der Waals surface area contributed by atoms with Crippen LogP contribution in [0.3, 0.4) is 0 Å². The first-order valence-electron chi connectivity index (χ1n) is 16.7. The first-order chi connectivity index (χ1) is 21.8. The summed E-state index contributed by atoms with van der Waals surface area (Å²) in [5.74, 6) is 0.00102. The minimum atomic E-state index is -0.0435. The van der Waals surface area contributed by atoms with Crippen LogP contribution in [0.5, 0.6) is 0 Å². The Bertz CT molecular complexity index is 1360. The second-order valence-electron chi connectivity index (χ2n) is 9.05. The maximum Gasteiger partial charge on any atom is 0.258 e. The number of rotatable bonds is 6. The van der Waals surface area contributed by atoms with Crippen LogP contribution in [-0.4, -0.2) is 18.9 Å². The molecule has 0 aromatic heterocycles. The third-order valence-corrected chi connectivity index (χ3v) is 6.24. The van der Waals surface area contributed by atoms with Crippen molar-refractivity contribution in [1.29, 1.82) is 0 Å². The molecule has 0 bridgehead atoms. The fraction of sp³-hybridized carbons (Fsp3) is 0.366. The molecule has 0 aliphatic heterocycles. The molecule has 0 atom stereocenters. The first-order valence-corrected chi connectivity index (χ1v) is 16.7. The van der Waals surface area contributed by atoms with E-state index in [1.54, 1.807) is 4.90 Å². The van der Waals surface area contributed by atoms with Gasteiger partial charge in [-0.3, -0.25) is 9.59 Å². The minimum absolute atomic E-state index is 0.0435. The second-order valence-corrected chi connectivity index (χ2v) is 9.05. The number of amides is 2. The highest BCUT2D eigenvalue weighted by Crippen LogP contribution is 2.19. The third kappa shape index (κ3) is 14.9. The molecule has 0 unspecified atom stereocenters. The van der Waals surface area contributed by atoms with Crippen LogP contribution in [0.1, 0.15) is 112 Å². The summed E-state index contributed by atoms with van der Waals surface area (Å²) in [6, 6.07) is 31.3. The van der Waals surface area contributed by atoms with Crippen molar-refractivity contribution in [2.24, 2.45) is 0 Å². The Morgan fingerprint density at radius 3 is 1.51 bits per heavy atom. The molecule has 0 spiro atoms. The summed E-state index contributed by atoms with van der Waals surface area (Å²) in [5, 5.41) is 2.93. The van der Waals surface area contributed by atoms with E-state index in [1.807, 2.05) is 173 Å². The summed E-state index contributed by atoms with van der Waals surface area (Å²) in [7, 11) is 1.82. The standard InChI is InChI=1S/C17H19NO.C16H17NO.4C2H6/c1-4-14-9-5-6-11-16(14)17(19)18(3)15-10-7-8-13(2)12-15;1-3-13-8-4-5-10-15(13)16(18)17-14-9-6-7-12(2)11-14;4*1-2/h5-12H,4H2,1-3H3;4-11H,3H2,1-2H3,(H,17,18);4*1-2H3. The number of nitrogens with one attached hydrogen (secondary N) is 1. The Labute approximate surface area is 275 Å². The normalized spacial score (nSPS) is 8.91. The monoisotopic (exact) mass is 612 g/mol. The molecule has 0 aliphatic carbocycles. The van der Waals surface area contributed by atoms with E-state index in [9.17, 15) is 9.59 Å². The minimum Gasteiger partial charge on any atom is -0.322 e. The summed E-state index contributed by atoms with van der Waals surface area (Å²) >= 11 is 0. The molecule has 0 saturated carbocycles. The van der Waals surface area contributed by atoms with Crippen LogP contribution >= 0.6 is 0 Å². The number of hydrogen-bond donors (Lipinski definition) is 1. The molecule has 0 aliphatic rings. The molecular weight excluding hydrogens is 552 g/mol. The van der Waals surface area contributed by atoms with Crippen LogP contribution in [0.4, 0.5) is 11.4 Å². The predicted octanol–water partition coefficient (Wildman–Crippen LogP) is 11.7. The Balaban J connectivity index is 0. The van der Waals surface area contributed by atoms with Gasteiger partial charge in [0.05, 0.1) is 0 Å². The molecule has 0 saturated heterocycles. The lowest BCUT2D eigenvalue weighted by molar-refractivity contribution is 0.0990. The van der Waals surface area contributed by atoms with Crippen LogP contribution in [0, 0.1) is 13.8 Å². The summed E-state index contributed by atoms with van der Waals surface area (Å²) in [5.41, 5.74) is 7.75. The zero-order valence-corrected chi connectivity index (χ0v) is 30.4. The van der Waals surface area contributed by atoms with Crippen molar-refractivity contribution in [2.45, 2.75) is 95.9 Å². The Kier molecular flexibility index (Phi) is 25.0. The molecular formula is C41H60N2O2. The smallest absolute Gasteiger partial charge is 0.258 e. The number of aryl methyl sites for hydroxylation is 4. The average molecular weight is 613 g/mol. The fourth-order valence-electron chi connectivity index (χ4n) is 4.14. The number of carbonyl (C=O) groups excluding carboxylic acids is 2. The molecule has 0 fully saturated rings. The molecule has 246 valence electrons. The van der Waals surface area contributed by atoms with Crippen LogP contribution in [0.25, 0.3) is 0 Å². The van der Waals surface area contributed by atoms with E-state index in [0.717, 1.165) is 57.6 Å². The van der Waals surface area contributed by atoms with E-state index in [4.69, 9.17) is 0 Å². The van der Waals surface area contributed by atoms with Gasteiger partial charge in [-0.15, -0.1) is 0 Å². The highest BCUT2D eigenvalue weighted by Gasteiger charge is 2.16. The summed E-state index contributed by atoms with van der Waals surface area (Å²) in [6.45, 7) is 24.2. The van der Waals surface area contributed by atoms with Gasteiger partial charge < -0.3 is 10.2 Å². The van der Waals surface area contributed by atoms with Crippen molar-refractivity contribution in [1.82, 2.24) is 0 Å². The highest BCUT2D eigenvalue weighted by molar-refractivity contribution is 6.07. The van der Waals surface area contributed by atoms with Crippen LogP contribution in [-0.2, 0) is 12.8 Å². The Morgan fingerprint density at radius 2 is 1.02 bits per heavy atom. The third-order valence-electron chi connectivity index (χ3n) is 6.24.